The van der Waals surface area contributed by atoms with Gasteiger partial charge in [-0.15, -0.1) is 11.6 Å². The van der Waals surface area contributed by atoms with E-state index in [1.54, 1.807) is 6.07 Å². The third-order valence-corrected chi connectivity index (χ3v) is 3.17. The average Bonchev–Trinajstić information content (AvgIpc) is 2.88. The predicted octanol–water partition coefficient (Wildman–Crippen LogP) is 1.67. The molecule has 0 unspecified atom stereocenters. The summed E-state index contributed by atoms with van der Waals surface area (Å²) in [6, 6.07) is 7.47. The summed E-state index contributed by atoms with van der Waals surface area (Å²) in [5.74, 6) is 1.13. The van der Waals surface area contributed by atoms with Gasteiger partial charge in [0, 0.05) is 12.4 Å². The predicted molar refractivity (Wildman–Crippen MR) is 70.1 cm³/mol. The second-order valence-corrected chi connectivity index (χ2v) is 4.37. The van der Waals surface area contributed by atoms with E-state index in [2.05, 4.69) is 10.1 Å². The summed E-state index contributed by atoms with van der Waals surface area (Å²) >= 11 is 5.74. The fourth-order valence-electron chi connectivity index (χ4n) is 2.11. The molecular weight excluding hydrogens is 252 g/mol. The molecule has 5 nitrogen and oxygen atoms in total. The highest BCUT2D eigenvalue weighted by atomic mass is 35.5. The number of hydrogen-bond acceptors (Lipinski definition) is 3. The second-order valence-electron chi connectivity index (χ2n) is 3.99. The molecule has 0 saturated heterocycles. The van der Waals surface area contributed by atoms with Crippen molar-refractivity contribution in [2.45, 2.75) is 13.0 Å². The van der Waals surface area contributed by atoms with E-state index in [-0.39, 0.29) is 5.56 Å². The van der Waals surface area contributed by atoms with Crippen molar-refractivity contribution in [3.8, 4) is 0 Å². The maximum atomic E-state index is 12.2. The van der Waals surface area contributed by atoms with Crippen LogP contribution in [0.3, 0.4) is 0 Å². The number of halogens is 1. The van der Waals surface area contributed by atoms with E-state index in [0.29, 0.717) is 23.6 Å². The molecule has 0 amide bonds. The molecule has 0 spiro atoms. The van der Waals surface area contributed by atoms with Crippen LogP contribution in [0.1, 0.15) is 6.42 Å². The summed E-state index contributed by atoms with van der Waals surface area (Å²) in [5, 5.41) is 4.62. The smallest absolute Gasteiger partial charge is 0.283 e. The first-order valence-electron chi connectivity index (χ1n) is 5.70. The Morgan fingerprint density at radius 3 is 2.94 bits per heavy atom. The zero-order chi connectivity index (χ0) is 12.5. The zero-order valence-corrected chi connectivity index (χ0v) is 10.3. The number of rotatable bonds is 3. The fraction of sp³-hybridized carbons (Fsp3) is 0.250. The van der Waals surface area contributed by atoms with Crippen LogP contribution in [0.15, 0.2) is 35.4 Å². The van der Waals surface area contributed by atoms with Gasteiger partial charge in [-0.05, 0) is 18.6 Å². The van der Waals surface area contributed by atoms with E-state index in [4.69, 9.17) is 11.6 Å². The second kappa shape index (κ2) is 4.42. The minimum Gasteiger partial charge on any atom is -0.310 e. The Bertz CT molecular complexity index is 761. The quantitative estimate of drug-likeness (QED) is 0.675. The van der Waals surface area contributed by atoms with E-state index < -0.39 is 0 Å². The van der Waals surface area contributed by atoms with Gasteiger partial charge in [0.15, 0.2) is 0 Å². The summed E-state index contributed by atoms with van der Waals surface area (Å²) in [6.45, 7) is 0.715. The number of benzene rings is 1. The van der Waals surface area contributed by atoms with Gasteiger partial charge in [-0.3, -0.25) is 4.79 Å². The monoisotopic (exact) mass is 262 g/mol. The van der Waals surface area contributed by atoms with Gasteiger partial charge in [0.25, 0.3) is 5.56 Å². The highest BCUT2D eigenvalue weighted by Crippen LogP contribution is 2.13. The van der Waals surface area contributed by atoms with Crippen LogP contribution in [0.4, 0.5) is 0 Å². The van der Waals surface area contributed by atoms with Crippen LogP contribution >= 0.6 is 11.6 Å². The molecule has 0 bridgehead atoms. The van der Waals surface area contributed by atoms with Crippen molar-refractivity contribution < 1.29 is 0 Å². The highest BCUT2D eigenvalue weighted by Gasteiger charge is 2.11. The van der Waals surface area contributed by atoms with Crippen LogP contribution in [-0.2, 0) is 6.54 Å². The summed E-state index contributed by atoms with van der Waals surface area (Å²) in [4.78, 5) is 16.4. The van der Waals surface area contributed by atoms with Gasteiger partial charge in [-0.25, -0.2) is 0 Å². The standard InChI is InChI=1S/C12H11ClN4O/c13-6-3-7-16-10-5-2-1-4-9(10)11(18)17-12(16)14-8-15-17/h1-2,4-5,8H,3,6-7H2. The first-order valence-corrected chi connectivity index (χ1v) is 6.23. The van der Waals surface area contributed by atoms with Crippen molar-refractivity contribution in [1.82, 2.24) is 19.2 Å². The molecule has 0 aliphatic carbocycles. The molecule has 0 radical (unpaired) electrons. The van der Waals surface area contributed by atoms with Crippen molar-refractivity contribution in [1.29, 1.82) is 0 Å². The van der Waals surface area contributed by atoms with Crippen molar-refractivity contribution >= 4 is 28.3 Å². The van der Waals surface area contributed by atoms with Gasteiger partial charge in [-0.1, -0.05) is 12.1 Å². The Kier molecular flexibility index (Phi) is 2.76. The lowest BCUT2D eigenvalue weighted by atomic mass is 10.2. The summed E-state index contributed by atoms with van der Waals surface area (Å²) in [6.07, 6.45) is 2.21. The van der Waals surface area contributed by atoms with E-state index in [1.165, 1.54) is 10.8 Å². The van der Waals surface area contributed by atoms with Gasteiger partial charge in [0.1, 0.15) is 6.33 Å². The molecule has 2 aromatic heterocycles. The average molecular weight is 263 g/mol. The molecule has 3 rings (SSSR count). The van der Waals surface area contributed by atoms with Crippen molar-refractivity contribution in [2.24, 2.45) is 0 Å². The van der Waals surface area contributed by atoms with Gasteiger partial charge < -0.3 is 4.57 Å². The minimum absolute atomic E-state index is 0.139. The molecule has 0 atom stereocenters. The molecular formula is C12H11ClN4O. The van der Waals surface area contributed by atoms with Crippen molar-refractivity contribution in [2.75, 3.05) is 5.88 Å². The number of aryl methyl sites for hydroxylation is 1. The third kappa shape index (κ3) is 1.59. The van der Waals surface area contributed by atoms with Crippen molar-refractivity contribution in [3.63, 3.8) is 0 Å². The third-order valence-electron chi connectivity index (χ3n) is 2.90. The summed E-state index contributed by atoms with van der Waals surface area (Å²) in [5.41, 5.74) is 0.730. The number of fused-ring (bicyclic) bond motifs is 2. The highest BCUT2D eigenvalue weighted by molar-refractivity contribution is 6.17. The Morgan fingerprint density at radius 2 is 2.11 bits per heavy atom. The number of para-hydroxylation sites is 1. The summed E-state index contributed by atoms with van der Waals surface area (Å²) in [7, 11) is 0. The zero-order valence-electron chi connectivity index (χ0n) is 9.58. The Morgan fingerprint density at radius 1 is 1.28 bits per heavy atom. The maximum absolute atomic E-state index is 12.2. The molecule has 6 heteroatoms. The van der Waals surface area contributed by atoms with Crippen LogP contribution < -0.4 is 5.56 Å². The number of hydrogen-bond donors (Lipinski definition) is 0. The minimum atomic E-state index is -0.139. The van der Waals surface area contributed by atoms with E-state index in [0.717, 1.165) is 11.9 Å². The Hall–Kier alpha value is -1.88. The molecule has 0 aliphatic rings. The SMILES string of the molecule is O=c1c2ccccc2n(CCCCl)c2ncnn12. The van der Waals surface area contributed by atoms with Crippen LogP contribution in [-0.4, -0.2) is 25.0 Å². The lowest BCUT2D eigenvalue weighted by molar-refractivity contribution is 0.694. The van der Waals surface area contributed by atoms with E-state index in [9.17, 15) is 4.79 Å². The molecule has 18 heavy (non-hydrogen) atoms. The topological polar surface area (TPSA) is 52.2 Å². The molecule has 0 saturated carbocycles. The molecule has 0 N–H and O–H groups in total. The molecule has 2 heterocycles. The van der Waals surface area contributed by atoms with Crippen LogP contribution in [0.5, 0.6) is 0 Å². The molecule has 3 aromatic rings. The molecule has 92 valence electrons. The van der Waals surface area contributed by atoms with E-state index >= 15 is 0 Å². The lowest BCUT2D eigenvalue weighted by Crippen LogP contribution is -2.20. The maximum Gasteiger partial charge on any atom is 0.283 e. The van der Waals surface area contributed by atoms with Gasteiger partial charge in [-0.2, -0.15) is 14.6 Å². The normalized spacial score (nSPS) is 11.4. The lowest BCUT2D eigenvalue weighted by Gasteiger charge is -2.10. The Labute approximate surface area is 108 Å². The first kappa shape index (κ1) is 11.2. The molecule has 0 fully saturated rings. The van der Waals surface area contributed by atoms with Gasteiger partial charge >= 0.3 is 0 Å². The molecule has 1 aromatic carbocycles. The van der Waals surface area contributed by atoms with Gasteiger partial charge in [0.05, 0.1) is 10.9 Å². The van der Waals surface area contributed by atoms with Crippen LogP contribution in [0, 0.1) is 0 Å². The van der Waals surface area contributed by atoms with Crippen molar-refractivity contribution in [3.05, 3.63) is 40.9 Å². The number of nitrogens with zero attached hydrogens (tertiary/aromatic N) is 4. The van der Waals surface area contributed by atoms with Crippen LogP contribution in [0.25, 0.3) is 16.7 Å². The first-order chi connectivity index (χ1) is 8.83. The van der Waals surface area contributed by atoms with Gasteiger partial charge in [0.2, 0.25) is 5.78 Å². The summed E-state index contributed by atoms with van der Waals surface area (Å²) < 4.78 is 3.31. The number of aromatic nitrogens is 4. The fourth-order valence-corrected chi connectivity index (χ4v) is 2.23. The Balaban J connectivity index is 2.42. The van der Waals surface area contributed by atoms with E-state index in [1.807, 2.05) is 22.8 Å². The largest absolute Gasteiger partial charge is 0.310 e. The number of alkyl halides is 1. The molecule has 0 aliphatic heterocycles. The van der Waals surface area contributed by atoms with Crippen LogP contribution in [0.2, 0.25) is 0 Å².